The SMILES string of the molecule is Cc1cc(CNc2ccsc2)ccc1Cl. The van der Waals surface area contributed by atoms with Crippen LogP contribution in [0.2, 0.25) is 5.02 Å². The molecule has 0 aliphatic rings. The summed E-state index contributed by atoms with van der Waals surface area (Å²) in [4.78, 5) is 0. The van der Waals surface area contributed by atoms with Crippen LogP contribution in [0.5, 0.6) is 0 Å². The van der Waals surface area contributed by atoms with E-state index in [2.05, 4.69) is 34.3 Å². The molecular formula is C12H12ClNS. The number of aryl methyl sites for hydroxylation is 1. The summed E-state index contributed by atoms with van der Waals surface area (Å²) in [6, 6.07) is 8.19. The minimum Gasteiger partial charge on any atom is -0.380 e. The van der Waals surface area contributed by atoms with Crippen LogP contribution in [0.4, 0.5) is 5.69 Å². The van der Waals surface area contributed by atoms with Gasteiger partial charge >= 0.3 is 0 Å². The number of rotatable bonds is 3. The molecule has 0 unspecified atom stereocenters. The molecule has 0 saturated carbocycles. The number of hydrogen-bond donors (Lipinski definition) is 1. The molecule has 15 heavy (non-hydrogen) atoms. The third kappa shape index (κ3) is 2.74. The van der Waals surface area contributed by atoms with E-state index in [4.69, 9.17) is 11.6 Å². The highest BCUT2D eigenvalue weighted by molar-refractivity contribution is 7.08. The van der Waals surface area contributed by atoms with Gasteiger partial charge in [-0.3, -0.25) is 0 Å². The van der Waals surface area contributed by atoms with E-state index in [0.717, 1.165) is 17.1 Å². The summed E-state index contributed by atoms with van der Waals surface area (Å²) < 4.78 is 0. The normalized spacial score (nSPS) is 10.3. The molecule has 0 amide bonds. The van der Waals surface area contributed by atoms with Crippen molar-refractivity contribution in [1.82, 2.24) is 0 Å². The first-order valence-electron chi connectivity index (χ1n) is 4.77. The van der Waals surface area contributed by atoms with E-state index in [9.17, 15) is 0 Å². The van der Waals surface area contributed by atoms with E-state index in [-0.39, 0.29) is 0 Å². The quantitative estimate of drug-likeness (QED) is 0.838. The first-order chi connectivity index (χ1) is 7.25. The molecule has 0 saturated heterocycles. The Balaban J connectivity index is 2.02. The van der Waals surface area contributed by atoms with Crippen LogP contribution >= 0.6 is 22.9 Å². The molecule has 1 aromatic carbocycles. The maximum absolute atomic E-state index is 5.96. The molecule has 2 rings (SSSR count). The van der Waals surface area contributed by atoms with Gasteiger partial charge in [0.15, 0.2) is 0 Å². The Labute approximate surface area is 98.7 Å². The Morgan fingerprint density at radius 2 is 2.20 bits per heavy atom. The van der Waals surface area contributed by atoms with Crippen molar-refractivity contribution < 1.29 is 0 Å². The summed E-state index contributed by atoms with van der Waals surface area (Å²) in [7, 11) is 0. The van der Waals surface area contributed by atoms with Gasteiger partial charge in [0.1, 0.15) is 0 Å². The molecule has 0 aliphatic heterocycles. The standard InChI is InChI=1S/C12H12ClNS/c1-9-6-10(2-3-12(9)13)7-14-11-4-5-15-8-11/h2-6,8,14H,7H2,1H3. The van der Waals surface area contributed by atoms with Gasteiger partial charge in [0.2, 0.25) is 0 Å². The fraction of sp³-hybridized carbons (Fsp3) is 0.167. The van der Waals surface area contributed by atoms with Crippen molar-refractivity contribution in [3.05, 3.63) is 51.2 Å². The number of hydrogen-bond acceptors (Lipinski definition) is 2. The van der Waals surface area contributed by atoms with Crippen LogP contribution in [-0.4, -0.2) is 0 Å². The zero-order valence-electron chi connectivity index (χ0n) is 8.46. The summed E-state index contributed by atoms with van der Waals surface area (Å²) in [6.07, 6.45) is 0. The number of benzene rings is 1. The zero-order chi connectivity index (χ0) is 10.7. The van der Waals surface area contributed by atoms with Gasteiger partial charge in [0.25, 0.3) is 0 Å². The van der Waals surface area contributed by atoms with Crippen molar-refractivity contribution in [3.8, 4) is 0 Å². The second kappa shape index (κ2) is 4.69. The number of nitrogens with one attached hydrogen (secondary N) is 1. The van der Waals surface area contributed by atoms with Crippen LogP contribution in [0.3, 0.4) is 0 Å². The highest BCUT2D eigenvalue weighted by atomic mass is 35.5. The Kier molecular flexibility index (Phi) is 3.29. The van der Waals surface area contributed by atoms with Gasteiger partial charge in [-0.05, 0) is 35.6 Å². The molecule has 0 atom stereocenters. The lowest BCUT2D eigenvalue weighted by atomic mass is 10.1. The molecule has 78 valence electrons. The van der Waals surface area contributed by atoms with Crippen molar-refractivity contribution in [2.45, 2.75) is 13.5 Å². The molecule has 3 heteroatoms. The van der Waals surface area contributed by atoms with Gasteiger partial charge in [0, 0.05) is 22.6 Å². The molecular weight excluding hydrogens is 226 g/mol. The number of thiophene rings is 1. The van der Waals surface area contributed by atoms with E-state index in [1.807, 2.05) is 13.0 Å². The predicted octanol–water partition coefficient (Wildman–Crippen LogP) is 4.32. The van der Waals surface area contributed by atoms with Gasteiger partial charge in [-0.1, -0.05) is 23.7 Å². The Bertz CT molecular complexity index is 437. The number of halogens is 1. The van der Waals surface area contributed by atoms with Gasteiger partial charge in [-0.2, -0.15) is 11.3 Å². The molecule has 0 fully saturated rings. The molecule has 0 bridgehead atoms. The smallest absolute Gasteiger partial charge is 0.0451 e. The molecule has 0 radical (unpaired) electrons. The summed E-state index contributed by atoms with van der Waals surface area (Å²) in [6.45, 7) is 2.87. The topological polar surface area (TPSA) is 12.0 Å². The molecule has 1 heterocycles. The van der Waals surface area contributed by atoms with Crippen LogP contribution in [0, 0.1) is 6.92 Å². The Morgan fingerprint density at radius 3 is 2.87 bits per heavy atom. The van der Waals surface area contributed by atoms with Crippen molar-refractivity contribution in [1.29, 1.82) is 0 Å². The zero-order valence-corrected chi connectivity index (χ0v) is 10.0. The second-order valence-corrected chi connectivity index (χ2v) is 4.64. The largest absolute Gasteiger partial charge is 0.380 e. The lowest BCUT2D eigenvalue weighted by molar-refractivity contribution is 1.14. The summed E-state index contributed by atoms with van der Waals surface area (Å²) in [5.41, 5.74) is 3.55. The van der Waals surface area contributed by atoms with E-state index in [0.29, 0.717) is 0 Å². The average Bonchev–Trinajstić information content (AvgIpc) is 2.73. The van der Waals surface area contributed by atoms with Gasteiger partial charge in [-0.25, -0.2) is 0 Å². The highest BCUT2D eigenvalue weighted by Gasteiger charge is 1.98. The fourth-order valence-corrected chi connectivity index (χ4v) is 2.12. The molecule has 0 spiro atoms. The van der Waals surface area contributed by atoms with Gasteiger partial charge in [-0.15, -0.1) is 0 Å². The van der Waals surface area contributed by atoms with E-state index < -0.39 is 0 Å². The molecule has 0 aliphatic carbocycles. The van der Waals surface area contributed by atoms with E-state index in [1.54, 1.807) is 11.3 Å². The maximum Gasteiger partial charge on any atom is 0.0451 e. The monoisotopic (exact) mass is 237 g/mol. The first-order valence-corrected chi connectivity index (χ1v) is 6.09. The van der Waals surface area contributed by atoms with Crippen molar-refractivity contribution in [2.24, 2.45) is 0 Å². The van der Waals surface area contributed by atoms with Crippen LogP contribution in [0.25, 0.3) is 0 Å². The summed E-state index contributed by atoms with van der Waals surface area (Å²) in [5, 5.41) is 8.35. The van der Waals surface area contributed by atoms with Crippen LogP contribution in [0.1, 0.15) is 11.1 Å². The van der Waals surface area contributed by atoms with Crippen LogP contribution < -0.4 is 5.32 Å². The predicted molar refractivity (Wildman–Crippen MR) is 67.8 cm³/mol. The maximum atomic E-state index is 5.96. The summed E-state index contributed by atoms with van der Waals surface area (Å²) >= 11 is 7.66. The Hall–Kier alpha value is -0.990. The van der Waals surface area contributed by atoms with Crippen molar-refractivity contribution in [3.63, 3.8) is 0 Å². The lowest BCUT2D eigenvalue weighted by Gasteiger charge is -2.05. The van der Waals surface area contributed by atoms with Crippen molar-refractivity contribution >= 4 is 28.6 Å². The summed E-state index contributed by atoms with van der Waals surface area (Å²) in [5.74, 6) is 0. The Morgan fingerprint density at radius 1 is 1.33 bits per heavy atom. The van der Waals surface area contributed by atoms with Gasteiger partial charge in [0.05, 0.1) is 0 Å². The molecule has 1 aromatic heterocycles. The lowest BCUT2D eigenvalue weighted by Crippen LogP contribution is -1.98. The highest BCUT2D eigenvalue weighted by Crippen LogP contribution is 2.18. The van der Waals surface area contributed by atoms with Crippen LogP contribution in [0.15, 0.2) is 35.0 Å². The molecule has 2 aromatic rings. The fourth-order valence-electron chi connectivity index (χ4n) is 1.39. The minimum atomic E-state index is 0.828. The molecule has 1 nitrogen and oxygen atoms in total. The number of anilines is 1. The van der Waals surface area contributed by atoms with Gasteiger partial charge < -0.3 is 5.32 Å². The minimum absolute atomic E-state index is 0.828. The second-order valence-electron chi connectivity index (χ2n) is 3.45. The van der Waals surface area contributed by atoms with Crippen molar-refractivity contribution in [2.75, 3.05) is 5.32 Å². The third-order valence-corrected chi connectivity index (χ3v) is 3.35. The van der Waals surface area contributed by atoms with Crippen LogP contribution in [-0.2, 0) is 6.54 Å². The molecule has 1 N–H and O–H groups in total. The first kappa shape index (κ1) is 10.5. The van der Waals surface area contributed by atoms with E-state index in [1.165, 1.54) is 11.3 Å². The third-order valence-electron chi connectivity index (χ3n) is 2.24. The average molecular weight is 238 g/mol. The van der Waals surface area contributed by atoms with E-state index >= 15 is 0 Å².